The second-order valence-corrected chi connectivity index (χ2v) is 7.67. The van der Waals surface area contributed by atoms with E-state index < -0.39 is 10.2 Å². The van der Waals surface area contributed by atoms with Gasteiger partial charge in [0, 0.05) is 20.1 Å². The molecule has 118 valence electrons. The molecule has 21 heavy (non-hydrogen) atoms. The second-order valence-electron chi connectivity index (χ2n) is 5.71. The Morgan fingerprint density at radius 1 is 1.33 bits per heavy atom. The van der Waals surface area contributed by atoms with Crippen molar-refractivity contribution in [3.8, 4) is 0 Å². The minimum Gasteiger partial charge on any atom is -0.319 e. The molecule has 6 heteroatoms. The lowest BCUT2D eigenvalue weighted by Gasteiger charge is -2.34. The van der Waals surface area contributed by atoms with Crippen molar-refractivity contribution in [2.24, 2.45) is 5.92 Å². The van der Waals surface area contributed by atoms with Gasteiger partial charge >= 0.3 is 10.2 Å². The van der Waals surface area contributed by atoms with E-state index in [1.54, 1.807) is 11.4 Å². The fourth-order valence-electron chi connectivity index (χ4n) is 2.76. The molecule has 0 aliphatic carbocycles. The summed E-state index contributed by atoms with van der Waals surface area (Å²) in [6, 6.07) is 7.58. The summed E-state index contributed by atoms with van der Waals surface area (Å²) in [6.45, 7) is 4.13. The van der Waals surface area contributed by atoms with E-state index in [4.69, 9.17) is 0 Å². The third-order valence-corrected chi connectivity index (χ3v) is 6.02. The Labute approximate surface area is 128 Å². The van der Waals surface area contributed by atoms with Crippen molar-refractivity contribution in [3.63, 3.8) is 0 Å². The zero-order valence-electron chi connectivity index (χ0n) is 13.0. The Hall–Kier alpha value is -1.11. The first-order chi connectivity index (χ1) is 9.95. The van der Waals surface area contributed by atoms with Crippen molar-refractivity contribution < 1.29 is 8.42 Å². The molecule has 1 aliphatic rings. The molecule has 0 radical (unpaired) electrons. The van der Waals surface area contributed by atoms with Crippen LogP contribution >= 0.6 is 0 Å². The van der Waals surface area contributed by atoms with Crippen LogP contribution in [0.5, 0.6) is 0 Å². The Balaban J connectivity index is 2.08. The molecule has 2 rings (SSSR count). The van der Waals surface area contributed by atoms with Crippen molar-refractivity contribution >= 4 is 15.9 Å². The second kappa shape index (κ2) is 6.77. The average Bonchev–Trinajstić information content (AvgIpc) is 2.47. The predicted octanol–water partition coefficient (Wildman–Crippen LogP) is 1.61. The fourth-order valence-corrected chi connectivity index (χ4v) is 4.16. The molecule has 1 heterocycles. The third kappa shape index (κ3) is 3.75. The average molecular weight is 311 g/mol. The van der Waals surface area contributed by atoms with Gasteiger partial charge in [0.05, 0.1) is 5.69 Å². The number of nitrogens with zero attached hydrogens (tertiary/aromatic N) is 2. The summed E-state index contributed by atoms with van der Waals surface area (Å²) >= 11 is 0. The van der Waals surface area contributed by atoms with Gasteiger partial charge < -0.3 is 5.32 Å². The Morgan fingerprint density at radius 2 is 2.00 bits per heavy atom. The smallest absolute Gasteiger partial charge is 0.303 e. The highest BCUT2D eigenvalue weighted by Gasteiger charge is 2.31. The van der Waals surface area contributed by atoms with E-state index in [2.05, 4.69) is 5.32 Å². The number of hydrogen-bond donors (Lipinski definition) is 1. The highest BCUT2D eigenvalue weighted by atomic mass is 32.2. The summed E-state index contributed by atoms with van der Waals surface area (Å²) in [5.41, 5.74) is 1.77. The third-order valence-electron chi connectivity index (χ3n) is 4.10. The van der Waals surface area contributed by atoms with Crippen molar-refractivity contribution in [1.29, 1.82) is 0 Å². The molecule has 0 bridgehead atoms. The van der Waals surface area contributed by atoms with E-state index in [0.717, 1.165) is 24.9 Å². The standard InChI is InChI=1S/C15H25N3O2S/c1-13-5-4-6-15(11-13)17(3)21(19,20)18-9-7-14(8-10-18)12-16-2/h4-6,11,14,16H,7-10,12H2,1-3H3. The van der Waals surface area contributed by atoms with Crippen LogP contribution in [0.1, 0.15) is 18.4 Å². The SMILES string of the molecule is CNCC1CCN(S(=O)(=O)N(C)c2cccc(C)c2)CC1. The number of benzene rings is 1. The first-order valence-corrected chi connectivity index (χ1v) is 8.80. The number of aryl methyl sites for hydroxylation is 1. The fraction of sp³-hybridized carbons (Fsp3) is 0.600. The molecule has 1 fully saturated rings. The van der Waals surface area contributed by atoms with E-state index in [0.29, 0.717) is 24.7 Å². The number of piperidine rings is 1. The maximum Gasteiger partial charge on any atom is 0.303 e. The van der Waals surface area contributed by atoms with Gasteiger partial charge in [-0.05, 0) is 57.0 Å². The molecule has 0 spiro atoms. The van der Waals surface area contributed by atoms with Crippen LogP contribution in [-0.2, 0) is 10.2 Å². The molecular weight excluding hydrogens is 286 g/mol. The molecule has 1 aliphatic heterocycles. The van der Waals surface area contributed by atoms with Crippen LogP contribution in [0.15, 0.2) is 24.3 Å². The monoisotopic (exact) mass is 311 g/mol. The summed E-state index contributed by atoms with van der Waals surface area (Å²) in [7, 11) is 0.144. The largest absolute Gasteiger partial charge is 0.319 e. The normalized spacial score (nSPS) is 17.9. The maximum atomic E-state index is 12.7. The van der Waals surface area contributed by atoms with Crippen molar-refractivity contribution in [2.75, 3.05) is 38.0 Å². The molecule has 1 aromatic carbocycles. The predicted molar refractivity (Wildman–Crippen MR) is 86.7 cm³/mol. The summed E-state index contributed by atoms with van der Waals surface area (Å²) in [4.78, 5) is 0. The van der Waals surface area contributed by atoms with Crippen molar-refractivity contribution in [1.82, 2.24) is 9.62 Å². The first kappa shape index (κ1) is 16.3. The summed E-state index contributed by atoms with van der Waals surface area (Å²) in [5.74, 6) is 0.575. The van der Waals surface area contributed by atoms with Crippen LogP contribution in [0.3, 0.4) is 0 Å². The van der Waals surface area contributed by atoms with Crippen LogP contribution in [-0.4, -0.2) is 46.5 Å². The zero-order valence-corrected chi connectivity index (χ0v) is 13.9. The van der Waals surface area contributed by atoms with Gasteiger partial charge in [-0.25, -0.2) is 0 Å². The van der Waals surface area contributed by atoms with Gasteiger partial charge in [0.1, 0.15) is 0 Å². The van der Waals surface area contributed by atoms with Crippen molar-refractivity contribution in [3.05, 3.63) is 29.8 Å². The molecule has 0 unspecified atom stereocenters. The van der Waals surface area contributed by atoms with Gasteiger partial charge in [-0.1, -0.05) is 12.1 Å². The molecule has 1 aromatic rings. The quantitative estimate of drug-likeness (QED) is 0.899. The highest BCUT2D eigenvalue weighted by Crippen LogP contribution is 2.24. The molecule has 0 aromatic heterocycles. The van der Waals surface area contributed by atoms with E-state index in [9.17, 15) is 8.42 Å². The molecule has 0 amide bonds. The van der Waals surface area contributed by atoms with Gasteiger partial charge in [-0.15, -0.1) is 0 Å². The summed E-state index contributed by atoms with van der Waals surface area (Å²) < 4.78 is 28.4. The minimum atomic E-state index is -3.42. The number of nitrogens with one attached hydrogen (secondary N) is 1. The van der Waals surface area contributed by atoms with Crippen LogP contribution in [0.4, 0.5) is 5.69 Å². The van der Waals surface area contributed by atoms with Gasteiger partial charge in [-0.3, -0.25) is 4.31 Å². The van der Waals surface area contributed by atoms with Gasteiger partial charge in [0.2, 0.25) is 0 Å². The summed E-state index contributed by atoms with van der Waals surface area (Å²) in [6.07, 6.45) is 1.84. The van der Waals surface area contributed by atoms with Gasteiger partial charge in [0.15, 0.2) is 0 Å². The molecule has 0 atom stereocenters. The molecular formula is C15H25N3O2S. The van der Waals surface area contributed by atoms with Gasteiger partial charge in [0.25, 0.3) is 0 Å². The number of anilines is 1. The Bertz CT molecular complexity index is 566. The van der Waals surface area contributed by atoms with E-state index in [1.165, 1.54) is 4.31 Å². The minimum absolute atomic E-state index is 0.575. The Morgan fingerprint density at radius 3 is 2.57 bits per heavy atom. The van der Waals surface area contributed by atoms with E-state index in [1.807, 2.05) is 38.2 Å². The molecule has 0 saturated carbocycles. The lowest BCUT2D eigenvalue weighted by atomic mass is 9.98. The van der Waals surface area contributed by atoms with Crippen molar-refractivity contribution in [2.45, 2.75) is 19.8 Å². The lowest BCUT2D eigenvalue weighted by molar-refractivity contribution is 0.270. The van der Waals surface area contributed by atoms with Crippen LogP contribution in [0.25, 0.3) is 0 Å². The zero-order chi connectivity index (χ0) is 15.5. The molecule has 1 saturated heterocycles. The first-order valence-electron chi connectivity index (χ1n) is 7.40. The van der Waals surface area contributed by atoms with Crippen LogP contribution in [0, 0.1) is 12.8 Å². The Kier molecular flexibility index (Phi) is 5.24. The molecule has 1 N–H and O–H groups in total. The highest BCUT2D eigenvalue weighted by molar-refractivity contribution is 7.90. The lowest BCUT2D eigenvalue weighted by Crippen LogP contribution is -2.46. The number of hydrogen-bond acceptors (Lipinski definition) is 3. The topological polar surface area (TPSA) is 52.7 Å². The summed E-state index contributed by atoms with van der Waals surface area (Å²) in [5, 5.41) is 3.17. The van der Waals surface area contributed by atoms with E-state index >= 15 is 0 Å². The maximum absolute atomic E-state index is 12.7. The van der Waals surface area contributed by atoms with Crippen LogP contribution < -0.4 is 9.62 Å². The van der Waals surface area contributed by atoms with Gasteiger partial charge in [-0.2, -0.15) is 12.7 Å². The van der Waals surface area contributed by atoms with E-state index in [-0.39, 0.29) is 0 Å². The number of rotatable bonds is 5. The van der Waals surface area contributed by atoms with Crippen LogP contribution in [0.2, 0.25) is 0 Å². The molecule has 5 nitrogen and oxygen atoms in total.